The summed E-state index contributed by atoms with van der Waals surface area (Å²) in [6.07, 6.45) is 8.34. The quantitative estimate of drug-likeness (QED) is 0.391. The van der Waals surface area contributed by atoms with Crippen molar-refractivity contribution in [1.82, 2.24) is 0 Å². The molecule has 182 valence electrons. The highest BCUT2D eigenvalue weighted by Gasteiger charge is 2.22. The van der Waals surface area contributed by atoms with Crippen LogP contribution in [-0.2, 0) is 11.2 Å². The molecule has 0 unspecified atom stereocenters. The van der Waals surface area contributed by atoms with Crippen LogP contribution in [0, 0.1) is 11.3 Å². The van der Waals surface area contributed by atoms with E-state index >= 15 is 0 Å². The molecule has 0 radical (unpaired) electrons. The molecule has 1 saturated heterocycles. The predicted octanol–water partition coefficient (Wildman–Crippen LogP) is 7.66. The summed E-state index contributed by atoms with van der Waals surface area (Å²) in [4.78, 5) is 2.43. The highest BCUT2D eigenvalue weighted by molar-refractivity contribution is 5.96. The number of benzene rings is 3. The molecule has 0 aromatic heterocycles. The molecule has 1 fully saturated rings. The largest absolute Gasteiger partial charge is 0.372 e. The lowest BCUT2D eigenvalue weighted by molar-refractivity contribution is -0.00521. The van der Waals surface area contributed by atoms with Gasteiger partial charge in [-0.25, -0.2) is 0 Å². The molecule has 0 amide bonds. The number of hydrogen-bond donors (Lipinski definition) is 0. The van der Waals surface area contributed by atoms with Crippen LogP contribution in [0.25, 0.3) is 22.3 Å². The van der Waals surface area contributed by atoms with Crippen LogP contribution in [0.15, 0.2) is 78.9 Å². The number of hydrogen-bond acceptors (Lipinski definition) is 3. The molecule has 3 heteroatoms. The zero-order valence-corrected chi connectivity index (χ0v) is 21.5. The van der Waals surface area contributed by atoms with E-state index in [9.17, 15) is 5.26 Å². The van der Waals surface area contributed by atoms with E-state index in [4.69, 9.17) is 4.74 Å². The van der Waals surface area contributed by atoms with Crippen molar-refractivity contribution in [2.45, 2.75) is 52.2 Å². The Hall–Kier alpha value is -3.61. The van der Waals surface area contributed by atoms with Gasteiger partial charge in [0.25, 0.3) is 0 Å². The van der Waals surface area contributed by atoms with E-state index in [1.807, 2.05) is 12.1 Å². The van der Waals surface area contributed by atoms with E-state index in [1.54, 1.807) is 0 Å². The predicted molar refractivity (Wildman–Crippen MR) is 150 cm³/mol. The second-order valence-corrected chi connectivity index (χ2v) is 10.1. The summed E-state index contributed by atoms with van der Waals surface area (Å²) in [5.41, 5.74) is 10.9. The number of anilines is 1. The zero-order valence-electron chi connectivity index (χ0n) is 21.5. The van der Waals surface area contributed by atoms with Crippen molar-refractivity contribution in [2.24, 2.45) is 0 Å². The van der Waals surface area contributed by atoms with Gasteiger partial charge in [0, 0.05) is 18.8 Å². The highest BCUT2D eigenvalue weighted by Crippen LogP contribution is 2.37. The molecule has 0 bridgehead atoms. The Balaban J connectivity index is 1.53. The lowest BCUT2D eigenvalue weighted by atomic mass is 9.87. The van der Waals surface area contributed by atoms with E-state index in [1.165, 1.54) is 44.7 Å². The molecule has 3 nitrogen and oxygen atoms in total. The van der Waals surface area contributed by atoms with Crippen molar-refractivity contribution < 1.29 is 4.74 Å². The van der Waals surface area contributed by atoms with Crippen LogP contribution >= 0.6 is 0 Å². The Kier molecular flexibility index (Phi) is 7.07. The van der Waals surface area contributed by atoms with Gasteiger partial charge in [-0.1, -0.05) is 54.6 Å². The molecular formula is C33H34N2O. The number of fused-ring (bicyclic) bond motifs is 1. The minimum Gasteiger partial charge on any atom is -0.372 e. The van der Waals surface area contributed by atoms with Gasteiger partial charge in [0.15, 0.2) is 0 Å². The molecule has 3 aromatic rings. The average Bonchev–Trinajstić information content (AvgIpc) is 2.97. The van der Waals surface area contributed by atoms with Crippen molar-refractivity contribution in [3.8, 4) is 17.2 Å². The molecule has 5 rings (SSSR count). The van der Waals surface area contributed by atoms with Crippen LogP contribution in [0.1, 0.15) is 55.9 Å². The Morgan fingerprint density at radius 3 is 2.22 bits per heavy atom. The fraction of sp³-hybridized carbons (Fsp3) is 0.303. The molecule has 0 spiro atoms. The van der Waals surface area contributed by atoms with Crippen LogP contribution in [0.4, 0.5) is 5.69 Å². The SMILES string of the molecule is C/C1=C(c2ccc(N3C[C@@H](C)O[C@@H](C)C3)cc2)/C=C\CCCc2c1cccc2-c1ccc(C#N)cc1. The molecule has 0 saturated carbocycles. The summed E-state index contributed by atoms with van der Waals surface area (Å²) >= 11 is 0. The molecule has 2 aliphatic rings. The molecule has 1 heterocycles. The fourth-order valence-electron chi connectivity index (χ4n) is 5.62. The normalized spacial score (nSPS) is 23.1. The monoisotopic (exact) mass is 474 g/mol. The summed E-state index contributed by atoms with van der Waals surface area (Å²) in [5, 5.41) is 9.21. The van der Waals surface area contributed by atoms with Crippen LogP contribution in [0.3, 0.4) is 0 Å². The summed E-state index contributed by atoms with van der Waals surface area (Å²) in [7, 11) is 0. The molecule has 2 atom stereocenters. The van der Waals surface area contributed by atoms with Gasteiger partial charge in [0.05, 0.1) is 23.8 Å². The van der Waals surface area contributed by atoms with Crippen molar-refractivity contribution in [2.75, 3.05) is 18.0 Å². The molecule has 1 aliphatic carbocycles. The van der Waals surface area contributed by atoms with Crippen LogP contribution in [0.2, 0.25) is 0 Å². The Bertz CT molecular complexity index is 1320. The minimum atomic E-state index is 0.248. The van der Waals surface area contributed by atoms with Gasteiger partial charge in [0.1, 0.15) is 0 Å². The number of nitriles is 1. The lowest BCUT2D eigenvalue weighted by Crippen LogP contribution is -2.45. The average molecular weight is 475 g/mol. The molecule has 36 heavy (non-hydrogen) atoms. The van der Waals surface area contributed by atoms with Crippen LogP contribution in [0.5, 0.6) is 0 Å². The maximum absolute atomic E-state index is 9.21. The maximum atomic E-state index is 9.21. The zero-order chi connectivity index (χ0) is 25.1. The first-order chi connectivity index (χ1) is 17.5. The molecule has 0 N–H and O–H groups in total. The number of ether oxygens (including phenoxy) is 1. The van der Waals surface area contributed by atoms with Gasteiger partial charge >= 0.3 is 0 Å². The smallest absolute Gasteiger partial charge is 0.0991 e. The maximum Gasteiger partial charge on any atom is 0.0991 e. The Morgan fingerprint density at radius 2 is 1.53 bits per heavy atom. The lowest BCUT2D eigenvalue weighted by Gasteiger charge is -2.37. The van der Waals surface area contributed by atoms with Gasteiger partial charge in [-0.3, -0.25) is 0 Å². The van der Waals surface area contributed by atoms with Crippen molar-refractivity contribution in [3.05, 3.63) is 101 Å². The van der Waals surface area contributed by atoms with Gasteiger partial charge in [-0.15, -0.1) is 0 Å². The minimum absolute atomic E-state index is 0.248. The summed E-state index contributed by atoms with van der Waals surface area (Å²) in [5.74, 6) is 0. The van der Waals surface area contributed by atoms with Crippen LogP contribution < -0.4 is 4.90 Å². The first-order valence-corrected chi connectivity index (χ1v) is 13.0. The van der Waals surface area contributed by atoms with E-state index in [0.717, 1.165) is 32.4 Å². The highest BCUT2D eigenvalue weighted by atomic mass is 16.5. The Morgan fingerprint density at radius 1 is 0.861 bits per heavy atom. The van der Waals surface area contributed by atoms with Gasteiger partial charge in [-0.05, 0) is 103 Å². The third-order valence-electron chi connectivity index (χ3n) is 7.35. The fourth-order valence-corrected chi connectivity index (χ4v) is 5.62. The number of nitrogens with zero attached hydrogens (tertiary/aromatic N) is 2. The third-order valence-corrected chi connectivity index (χ3v) is 7.35. The first kappa shape index (κ1) is 24.1. The standard InChI is InChI=1S/C33H34N2O/c1-23-21-35(22-24(2)36-23)29-18-16-27(17-19-29)30-8-5-4-6-9-33-31(25(30)3)10-7-11-32(33)28-14-12-26(20-34)13-15-28/h5,7-8,10-19,23-24H,4,6,9,21-22H2,1-3H3/b8-5-,30-25+/t23-,24+. The van der Waals surface area contributed by atoms with Gasteiger partial charge in [-0.2, -0.15) is 5.26 Å². The van der Waals surface area contributed by atoms with E-state index < -0.39 is 0 Å². The van der Waals surface area contributed by atoms with Gasteiger partial charge < -0.3 is 9.64 Å². The molecular weight excluding hydrogens is 440 g/mol. The van der Waals surface area contributed by atoms with Crippen molar-refractivity contribution in [3.63, 3.8) is 0 Å². The number of morpholine rings is 1. The third kappa shape index (κ3) is 5.01. The number of rotatable bonds is 3. The van der Waals surface area contributed by atoms with E-state index in [-0.39, 0.29) is 12.2 Å². The second-order valence-electron chi connectivity index (χ2n) is 10.1. The van der Waals surface area contributed by atoms with Crippen molar-refractivity contribution in [1.29, 1.82) is 5.26 Å². The van der Waals surface area contributed by atoms with Crippen molar-refractivity contribution >= 4 is 16.8 Å². The van der Waals surface area contributed by atoms with E-state index in [0.29, 0.717) is 5.56 Å². The molecule has 1 aliphatic heterocycles. The van der Waals surface area contributed by atoms with E-state index in [2.05, 4.69) is 98.5 Å². The molecule has 3 aromatic carbocycles. The van der Waals surface area contributed by atoms with Gasteiger partial charge in [0.2, 0.25) is 0 Å². The second kappa shape index (κ2) is 10.6. The Labute approximate surface area is 215 Å². The topological polar surface area (TPSA) is 36.3 Å². The number of allylic oxidation sites excluding steroid dienone is 4. The van der Waals surface area contributed by atoms with Crippen LogP contribution in [-0.4, -0.2) is 25.3 Å². The first-order valence-electron chi connectivity index (χ1n) is 13.0. The summed E-state index contributed by atoms with van der Waals surface area (Å²) in [6, 6.07) is 25.9. The summed E-state index contributed by atoms with van der Waals surface area (Å²) in [6.45, 7) is 8.41. The summed E-state index contributed by atoms with van der Waals surface area (Å²) < 4.78 is 5.92.